The topological polar surface area (TPSA) is 78.9 Å². The highest BCUT2D eigenvalue weighted by atomic mass is 16.6. The number of carbonyl (C=O) groups is 3. The Hall–Kier alpha value is -2.89. The maximum absolute atomic E-state index is 12.8. The number of allylic oxidation sites excluding steroid dienone is 10. The summed E-state index contributed by atoms with van der Waals surface area (Å²) < 4.78 is 16.8. The van der Waals surface area contributed by atoms with Crippen LogP contribution < -0.4 is 0 Å². The van der Waals surface area contributed by atoms with E-state index < -0.39 is 6.10 Å². The van der Waals surface area contributed by atoms with Gasteiger partial charge in [-0.15, -0.1) is 0 Å². The van der Waals surface area contributed by atoms with Crippen LogP contribution in [0.1, 0.15) is 303 Å². The lowest BCUT2D eigenvalue weighted by Crippen LogP contribution is -2.30. The van der Waals surface area contributed by atoms with Crippen molar-refractivity contribution in [2.24, 2.45) is 0 Å². The second-order valence-electron chi connectivity index (χ2n) is 19.9. The molecular weight excluding hydrogens is 853 g/mol. The highest BCUT2D eigenvalue weighted by Crippen LogP contribution is 2.17. The SMILES string of the molecule is CC/C=C\C/C=C\C/C=C\C/C=C\CCCCCCCCCCCCCCCCC(=O)OCC(COC(=O)CCCCCCC/C=C\CCC)OC(=O)CCCCCCCCCCCCCCCC. The van der Waals surface area contributed by atoms with Gasteiger partial charge in [-0.3, -0.25) is 14.4 Å². The minimum Gasteiger partial charge on any atom is -0.462 e. The maximum Gasteiger partial charge on any atom is 0.306 e. The van der Waals surface area contributed by atoms with Crippen molar-refractivity contribution in [3.63, 3.8) is 0 Å². The molecule has 0 aromatic heterocycles. The molecule has 0 aliphatic rings. The third-order valence-electron chi connectivity index (χ3n) is 13.0. The number of hydrogen-bond donors (Lipinski definition) is 0. The number of unbranched alkanes of at least 4 members (excludes halogenated alkanes) is 33. The lowest BCUT2D eigenvalue weighted by Gasteiger charge is -2.18. The van der Waals surface area contributed by atoms with E-state index in [9.17, 15) is 14.4 Å². The molecule has 6 nitrogen and oxygen atoms in total. The Bertz CT molecular complexity index is 1250. The van der Waals surface area contributed by atoms with Crippen LogP contribution in [0, 0.1) is 0 Å². The Labute approximate surface area is 428 Å². The first-order chi connectivity index (χ1) is 34.0. The van der Waals surface area contributed by atoms with E-state index in [-0.39, 0.29) is 31.1 Å². The number of carbonyl (C=O) groups excluding carboxylic acids is 3. The Morgan fingerprint density at radius 3 is 0.957 bits per heavy atom. The molecule has 0 bridgehead atoms. The van der Waals surface area contributed by atoms with Gasteiger partial charge in [0.15, 0.2) is 6.10 Å². The van der Waals surface area contributed by atoms with Crippen LogP contribution in [-0.4, -0.2) is 37.2 Å². The summed E-state index contributed by atoms with van der Waals surface area (Å²) in [5, 5.41) is 0. The van der Waals surface area contributed by atoms with E-state index in [4.69, 9.17) is 14.2 Å². The van der Waals surface area contributed by atoms with Crippen LogP contribution in [0.3, 0.4) is 0 Å². The summed E-state index contributed by atoms with van der Waals surface area (Å²) in [7, 11) is 0. The molecule has 0 saturated carbocycles. The van der Waals surface area contributed by atoms with Crippen LogP contribution in [0.2, 0.25) is 0 Å². The molecule has 1 unspecified atom stereocenters. The zero-order chi connectivity index (χ0) is 50.0. The van der Waals surface area contributed by atoms with Crippen molar-refractivity contribution in [1.82, 2.24) is 0 Å². The highest BCUT2D eigenvalue weighted by Gasteiger charge is 2.19. The van der Waals surface area contributed by atoms with Gasteiger partial charge in [-0.2, -0.15) is 0 Å². The standard InChI is InChI=1S/C63H112O6/c1-4-7-10-13-16-19-22-24-26-27-28-29-30-31-32-33-34-35-36-37-38-40-41-44-47-50-53-56-62(65)68-59-60(58-67-61(64)55-52-49-46-43-21-18-15-12-9-6-3)69-63(66)57-54-51-48-45-42-39-25-23-20-17-14-11-8-5-2/h7,10,12,15-16,19,24,26,28-29,60H,4-6,8-9,11,13-14,17-18,20-23,25,27,30-59H2,1-3H3/b10-7-,15-12-,19-16-,26-24-,29-28-. The van der Waals surface area contributed by atoms with Crippen LogP contribution >= 0.6 is 0 Å². The number of hydrogen-bond acceptors (Lipinski definition) is 6. The Balaban J connectivity index is 4.16. The van der Waals surface area contributed by atoms with Crippen molar-refractivity contribution in [3.8, 4) is 0 Å². The monoisotopic (exact) mass is 965 g/mol. The van der Waals surface area contributed by atoms with Gasteiger partial charge in [0, 0.05) is 19.3 Å². The fourth-order valence-electron chi connectivity index (χ4n) is 8.56. The van der Waals surface area contributed by atoms with Gasteiger partial charge in [-0.05, 0) is 77.0 Å². The Kier molecular flexibility index (Phi) is 55.3. The third kappa shape index (κ3) is 55.9. The van der Waals surface area contributed by atoms with E-state index in [1.165, 1.54) is 167 Å². The molecule has 0 spiro atoms. The molecule has 0 aliphatic carbocycles. The quantitative estimate of drug-likeness (QED) is 0.0262. The minimum absolute atomic E-state index is 0.0734. The average Bonchev–Trinajstić information content (AvgIpc) is 3.35. The molecule has 0 radical (unpaired) electrons. The van der Waals surface area contributed by atoms with Gasteiger partial charge in [0.2, 0.25) is 0 Å². The summed E-state index contributed by atoms with van der Waals surface area (Å²) in [6.45, 7) is 6.49. The van der Waals surface area contributed by atoms with E-state index in [0.29, 0.717) is 19.3 Å². The summed E-state index contributed by atoms with van der Waals surface area (Å²) in [5.41, 5.74) is 0. The first-order valence-corrected chi connectivity index (χ1v) is 29.8. The van der Waals surface area contributed by atoms with Gasteiger partial charge in [0.25, 0.3) is 0 Å². The van der Waals surface area contributed by atoms with Crippen molar-refractivity contribution in [3.05, 3.63) is 60.8 Å². The van der Waals surface area contributed by atoms with E-state index in [2.05, 4.69) is 81.5 Å². The number of rotatable bonds is 54. The molecule has 0 amide bonds. The summed E-state index contributed by atoms with van der Waals surface area (Å²) in [6.07, 6.45) is 72.3. The van der Waals surface area contributed by atoms with Crippen molar-refractivity contribution < 1.29 is 28.6 Å². The van der Waals surface area contributed by atoms with Gasteiger partial charge < -0.3 is 14.2 Å². The Morgan fingerprint density at radius 1 is 0.304 bits per heavy atom. The first kappa shape index (κ1) is 66.1. The molecular formula is C63H112O6. The average molecular weight is 966 g/mol. The highest BCUT2D eigenvalue weighted by molar-refractivity contribution is 5.71. The Morgan fingerprint density at radius 2 is 0.594 bits per heavy atom. The third-order valence-corrected chi connectivity index (χ3v) is 13.0. The summed E-state index contributed by atoms with van der Waals surface area (Å²) in [5.74, 6) is -0.872. The summed E-state index contributed by atoms with van der Waals surface area (Å²) >= 11 is 0. The lowest BCUT2D eigenvalue weighted by atomic mass is 10.0. The molecule has 0 aromatic rings. The van der Waals surface area contributed by atoms with Gasteiger partial charge in [0.1, 0.15) is 13.2 Å². The number of ether oxygens (including phenoxy) is 3. The van der Waals surface area contributed by atoms with E-state index in [0.717, 1.165) is 96.3 Å². The van der Waals surface area contributed by atoms with Crippen LogP contribution in [0.25, 0.3) is 0 Å². The lowest BCUT2D eigenvalue weighted by molar-refractivity contribution is -0.167. The van der Waals surface area contributed by atoms with E-state index in [1.54, 1.807) is 0 Å². The van der Waals surface area contributed by atoms with E-state index >= 15 is 0 Å². The molecule has 0 saturated heterocycles. The van der Waals surface area contributed by atoms with Crippen molar-refractivity contribution in [2.75, 3.05) is 13.2 Å². The summed E-state index contributed by atoms with van der Waals surface area (Å²) in [6, 6.07) is 0. The van der Waals surface area contributed by atoms with Crippen molar-refractivity contribution in [2.45, 2.75) is 309 Å². The smallest absolute Gasteiger partial charge is 0.306 e. The second kappa shape index (κ2) is 57.7. The van der Waals surface area contributed by atoms with Crippen LogP contribution in [0.4, 0.5) is 0 Å². The van der Waals surface area contributed by atoms with Crippen LogP contribution in [0.15, 0.2) is 60.8 Å². The first-order valence-electron chi connectivity index (χ1n) is 29.8. The maximum atomic E-state index is 12.8. The van der Waals surface area contributed by atoms with Crippen LogP contribution in [0.5, 0.6) is 0 Å². The fourth-order valence-corrected chi connectivity index (χ4v) is 8.56. The number of esters is 3. The zero-order valence-corrected chi connectivity index (χ0v) is 45.8. The normalized spacial score (nSPS) is 12.4. The zero-order valence-electron chi connectivity index (χ0n) is 45.8. The van der Waals surface area contributed by atoms with Gasteiger partial charge in [-0.25, -0.2) is 0 Å². The largest absolute Gasteiger partial charge is 0.462 e. The van der Waals surface area contributed by atoms with Crippen LogP contribution in [-0.2, 0) is 28.6 Å². The van der Waals surface area contributed by atoms with Gasteiger partial charge in [-0.1, -0.05) is 268 Å². The minimum atomic E-state index is -0.773. The molecule has 0 rings (SSSR count). The molecule has 0 heterocycles. The second-order valence-corrected chi connectivity index (χ2v) is 19.9. The summed E-state index contributed by atoms with van der Waals surface area (Å²) in [4.78, 5) is 38.1. The molecule has 400 valence electrons. The van der Waals surface area contributed by atoms with Gasteiger partial charge in [0.05, 0.1) is 0 Å². The fraction of sp³-hybridized carbons (Fsp3) is 0.794. The molecule has 69 heavy (non-hydrogen) atoms. The van der Waals surface area contributed by atoms with Crippen molar-refractivity contribution >= 4 is 17.9 Å². The molecule has 0 aromatic carbocycles. The molecule has 0 N–H and O–H groups in total. The predicted octanol–water partition coefficient (Wildman–Crippen LogP) is 20.0. The molecule has 0 fully saturated rings. The molecule has 6 heteroatoms. The van der Waals surface area contributed by atoms with Gasteiger partial charge >= 0.3 is 17.9 Å². The molecule has 1 atom stereocenters. The predicted molar refractivity (Wildman–Crippen MR) is 298 cm³/mol. The van der Waals surface area contributed by atoms with Crippen molar-refractivity contribution in [1.29, 1.82) is 0 Å². The van der Waals surface area contributed by atoms with E-state index in [1.807, 2.05) is 0 Å². The molecule has 0 aliphatic heterocycles.